The second-order valence-electron chi connectivity index (χ2n) is 16.5. The van der Waals surface area contributed by atoms with E-state index >= 15 is 0 Å². The molecule has 3 heterocycles. The Morgan fingerprint density at radius 3 is 2.22 bits per heavy atom. The number of hydrogen-bond acceptors (Lipinski definition) is 13. The predicted octanol–water partition coefficient (Wildman–Crippen LogP) is 8.30. The number of benzene rings is 1. The molecule has 0 radical (unpaired) electrons. The maximum absolute atomic E-state index is 13.2. The molecule has 5 atom stereocenters. The molecule has 1 fully saturated rings. The number of rotatable bonds is 31. The van der Waals surface area contributed by atoms with Crippen LogP contribution in [0.25, 0.3) is 5.52 Å². The number of nitrogen functional groups attached to an aromatic ring is 1. The van der Waals surface area contributed by atoms with Gasteiger partial charge in [-0.1, -0.05) is 109 Å². The van der Waals surface area contributed by atoms with Crippen LogP contribution < -0.4 is 10.5 Å². The van der Waals surface area contributed by atoms with Crippen molar-refractivity contribution in [1.29, 1.82) is 5.26 Å². The molecule has 4 rings (SSSR count). The monoisotopic (exact) mass is 859 g/mol. The van der Waals surface area contributed by atoms with Crippen LogP contribution in [-0.4, -0.2) is 86.7 Å². The summed E-state index contributed by atoms with van der Waals surface area (Å²) in [4.78, 5) is 14.7. The molecule has 3 aromatic rings. The Morgan fingerprint density at radius 1 is 0.967 bits per heavy atom. The van der Waals surface area contributed by atoms with E-state index in [9.17, 15) is 24.9 Å². The highest BCUT2D eigenvalue weighted by Crippen LogP contribution is 2.47. The molecule has 2 aromatic heterocycles. The predicted molar refractivity (Wildman–Crippen MR) is 229 cm³/mol. The summed E-state index contributed by atoms with van der Waals surface area (Å²) in [6, 6.07) is 10.5. The molecule has 0 amide bonds. The molecule has 60 heavy (non-hydrogen) atoms. The SMILES string of the molecule is CCCCCCCCCCCCCCCCCCOC[C@H](COP(=O)(O)OC[C@@]1(C)OC[C@](O)(c2ccc3c(N)ncnn23)[C@@H]1O)OCc1ccc(C#N)c(OC(C)C)c1. The zero-order chi connectivity index (χ0) is 43.4. The van der Waals surface area contributed by atoms with Gasteiger partial charge in [0.05, 0.1) is 50.4 Å². The van der Waals surface area contributed by atoms with Gasteiger partial charge in [-0.3, -0.25) is 9.05 Å². The first-order valence-corrected chi connectivity index (χ1v) is 23.5. The topological polar surface area (TPSA) is 213 Å². The average molecular weight is 860 g/mol. The van der Waals surface area contributed by atoms with E-state index in [4.69, 9.17) is 33.7 Å². The van der Waals surface area contributed by atoms with E-state index in [0.717, 1.165) is 24.8 Å². The lowest BCUT2D eigenvalue weighted by Gasteiger charge is -2.32. The number of aromatic nitrogens is 3. The molecule has 1 aliphatic rings. The smallest absolute Gasteiger partial charge is 0.472 e. The van der Waals surface area contributed by atoms with E-state index in [1.165, 1.54) is 101 Å². The number of fused-ring (bicyclic) bond motifs is 1. The summed E-state index contributed by atoms with van der Waals surface area (Å²) in [6.07, 6.45) is 19.2. The Hall–Kier alpha value is -3.16. The van der Waals surface area contributed by atoms with Gasteiger partial charge < -0.3 is 39.8 Å². The molecule has 16 heteroatoms. The number of aliphatic hydroxyl groups is 2. The summed E-state index contributed by atoms with van der Waals surface area (Å²) in [5, 5.41) is 36.6. The largest absolute Gasteiger partial charge is 0.490 e. The Labute approximate surface area is 356 Å². The van der Waals surface area contributed by atoms with Gasteiger partial charge in [0.1, 0.15) is 41.5 Å². The molecule has 1 aliphatic heterocycles. The minimum atomic E-state index is -4.73. The van der Waals surface area contributed by atoms with Crippen molar-refractivity contribution in [2.75, 3.05) is 38.8 Å². The van der Waals surface area contributed by atoms with Crippen molar-refractivity contribution < 1.29 is 47.7 Å². The van der Waals surface area contributed by atoms with Gasteiger partial charge in [0, 0.05) is 6.61 Å². The first kappa shape index (κ1) is 49.5. The van der Waals surface area contributed by atoms with E-state index in [1.807, 2.05) is 13.8 Å². The number of phosphoric ester groups is 1. The average Bonchev–Trinajstić information content (AvgIpc) is 3.77. The molecular formula is C44H70N5O10P. The number of anilines is 1. The number of hydrogen-bond donors (Lipinski definition) is 4. The van der Waals surface area contributed by atoms with Crippen molar-refractivity contribution in [2.45, 2.75) is 167 Å². The van der Waals surface area contributed by atoms with Gasteiger partial charge in [0.2, 0.25) is 0 Å². The lowest BCUT2D eigenvalue weighted by atomic mass is 9.86. The molecular weight excluding hydrogens is 789 g/mol. The maximum atomic E-state index is 13.2. The van der Waals surface area contributed by atoms with Crippen LogP contribution in [-0.2, 0) is 40.0 Å². The number of aliphatic hydroxyl groups excluding tert-OH is 1. The van der Waals surface area contributed by atoms with Crippen molar-refractivity contribution in [2.24, 2.45) is 0 Å². The summed E-state index contributed by atoms with van der Waals surface area (Å²) in [5.41, 5.74) is 4.16. The van der Waals surface area contributed by atoms with Crippen LogP contribution >= 0.6 is 7.82 Å². The van der Waals surface area contributed by atoms with Crippen molar-refractivity contribution >= 4 is 19.2 Å². The van der Waals surface area contributed by atoms with E-state index in [1.54, 1.807) is 30.3 Å². The van der Waals surface area contributed by atoms with Crippen LogP contribution in [0.5, 0.6) is 5.75 Å². The highest BCUT2D eigenvalue weighted by atomic mass is 31.2. The number of nitriles is 1. The molecule has 0 spiro atoms. The quantitative estimate of drug-likeness (QED) is 0.0354. The summed E-state index contributed by atoms with van der Waals surface area (Å²) in [7, 11) is -4.73. The standard InChI is InChI=1S/C44H70N5O10P/c1-5-6-7-8-9-10-11-12-13-14-15-16-17-18-19-20-25-54-29-37(55-28-35-21-22-36(27-45)39(26-35)59-34(2)3)30-57-60(52,53)58-31-43(4)42(50)44(51,32-56-43)40-24-23-38-41(46)47-33-48-49(38)40/h21-24,26,33-34,37,42,50-51H,5-20,25,28-32H2,1-4H3,(H,52,53)(H2,46,47,48)/t37-,42-,43-,44+/m1/s1. The minimum Gasteiger partial charge on any atom is -0.490 e. The number of ether oxygens (including phenoxy) is 4. The van der Waals surface area contributed by atoms with Gasteiger partial charge in [-0.2, -0.15) is 10.4 Å². The lowest BCUT2D eigenvalue weighted by Crippen LogP contribution is -2.49. The van der Waals surface area contributed by atoms with Crippen molar-refractivity contribution in [3.63, 3.8) is 0 Å². The third-order valence-corrected chi connectivity index (χ3v) is 11.9. The third kappa shape index (κ3) is 15.3. The van der Waals surface area contributed by atoms with Crippen LogP contribution in [0.4, 0.5) is 5.82 Å². The Bertz CT molecular complexity index is 1810. The lowest BCUT2D eigenvalue weighted by molar-refractivity contribution is -0.101. The van der Waals surface area contributed by atoms with E-state index < -0.39 is 37.8 Å². The Kier molecular flexibility index (Phi) is 20.7. The minimum absolute atomic E-state index is 0.0921. The van der Waals surface area contributed by atoms with Crippen molar-refractivity contribution in [3.8, 4) is 11.8 Å². The molecule has 0 aliphatic carbocycles. The third-order valence-electron chi connectivity index (χ3n) is 11.0. The van der Waals surface area contributed by atoms with Crippen molar-refractivity contribution in [3.05, 3.63) is 53.5 Å². The zero-order valence-electron chi connectivity index (χ0n) is 36.3. The maximum Gasteiger partial charge on any atom is 0.472 e. The van der Waals surface area contributed by atoms with Gasteiger partial charge >= 0.3 is 7.82 Å². The second-order valence-corrected chi connectivity index (χ2v) is 18.0. The summed E-state index contributed by atoms with van der Waals surface area (Å²) >= 11 is 0. The van der Waals surface area contributed by atoms with Gasteiger partial charge in [-0.25, -0.2) is 14.1 Å². The summed E-state index contributed by atoms with van der Waals surface area (Å²) in [5.74, 6) is 0.626. The molecule has 1 unspecified atom stereocenters. The highest BCUT2D eigenvalue weighted by molar-refractivity contribution is 7.47. The highest BCUT2D eigenvalue weighted by Gasteiger charge is 2.58. The number of unbranched alkanes of at least 4 members (excludes halogenated alkanes) is 15. The van der Waals surface area contributed by atoms with Gasteiger partial charge in [0.15, 0.2) is 11.4 Å². The normalized spacial score (nSPS) is 20.8. The van der Waals surface area contributed by atoms with Gasteiger partial charge in [-0.05, 0) is 57.0 Å². The van der Waals surface area contributed by atoms with Gasteiger partial charge in [-0.15, -0.1) is 0 Å². The van der Waals surface area contributed by atoms with Crippen LogP contribution in [0.3, 0.4) is 0 Å². The van der Waals surface area contributed by atoms with Crippen molar-refractivity contribution in [1.82, 2.24) is 14.6 Å². The molecule has 5 N–H and O–H groups in total. The molecule has 1 saturated heterocycles. The Balaban J connectivity index is 1.22. The molecule has 0 bridgehead atoms. The second kappa shape index (κ2) is 25.1. The van der Waals surface area contributed by atoms with Gasteiger partial charge in [0.25, 0.3) is 0 Å². The fraction of sp³-hybridized carbons (Fsp3) is 0.705. The molecule has 336 valence electrons. The molecule has 1 aromatic carbocycles. The fourth-order valence-electron chi connectivity index (χ4n) is 7.40. The zero-order valence-corrected chi connectivity index (χ0v) is 37.2. The first-order valence-electron chi connectivity index (χ1n) is 22.0. The van der Waals surface area contributed by atoms with E-state index in [2.05, 4.69) is 23.1 Å². The van der Waals surface area contributed by atoms with E-state index in [0.29, 0.717) is 23.4 Å². The Morgan fingerprint density at radius 2 is 1.60 bits per heavy atom. The number of nitrogens with zero attached hydrogens (tertiary/aromatic N) is 4. The van der Waals surface area contributed by atoms with Crippen LogP contribution in [0, 0.1) is 11.3 Å². The summed E-state index contributed by atoms with van der Waals surface area (Å²) in [6.45, 7) is 6.87. The van der Waals surface area contributed by atoms with Crippen LogP contribution in [0.15, 0.2) is 36.7 Å². The molecule has 15 nitrogen and oxygen atoms in total. The number of phosphoric acid groups is 1. The first-order chi connectivity index (χ1) is 28.8. The van der Waals surface area contributed by atoms with E-state index in [-0.39, 0.29) is 44.0 Å². The number of nitrogens with two attached hydrogens (primary N) is 1. The van der Waals surface area contributed by atoms with Crippen LogP contribution in [0.1, 0.15) is 147 Å². The molecule has 0 saturated carbocycles. The summed E-state index contributed by atoms with van der Waals surface area (Å²) < 4.78 is 49.0. The fourth-order valence-corrected chi connectivity index (χ4v) is 8.25. The van der Waals surface area contributed by atoms with Crippen LogP contribution in [0.2, 0.25) is 0 Å².